The quantitative estimate of drug-likeness (QED) is 0.680. The molecule has 23 heavy (non-hydrogen) atoms. The first kappa shape index (κ1) is 15.5. The fourth-order valence-corrected chi connectivity index (χ4v) is 2.75. The van der Waals surface area contributed by atoms with Crippen LogP contribution in [-0.2, 0) is 16.1 Å². The van der Waals surface area contributed by atoms with E-state index in [1.165, 1.54) is 0 Å². The van der Waals surface area contributed by atoms with Gasteiger partial charge in [0.15, 0.2) is 5.82 Å². The number of nitrogens with zero attached hydrogens (tertiary/aromatic N) is 3. The van der Waals surface area contributed by atoms with Crippen LogP contribution in [0.5, 0.6) is 0 Å². The zero-order chi connectivity index (χ0) is 16.6. The zero-order valence-electron chi connectivity index (χ0n) is 13.7. The number of ether oxygens (including phenoxy) is 1. The first-order valence-electron chi connectivity index (χ1n) is 7.87. The number of nitrogens with two attached hydrogens (primary N) is 1. The molecule has 1 atom stereocenters. The van der Waals surface area contributed by atoms with Crippen LogP contribution in [0.15, 0.2) is 24.3 Å². The molecule has 0 fully saturated rings. The lowest BCUT2D eigenvalue weighted by atomic mass is 9.99. The molecule has 2 aromatic rings. The molecule has 0 saturated heterocycles. The number of aromatic nitrogens is 3. The Kier molecular flexibility index (Phi) is 3.83. The van der Waals surface area contributed by atoms with E-state index in [0.29, 0.717) is 17.3 Å². The van der Waals surface area contributed by atoms with Crippen molar-refractivity contribution in [2.45, 2.75) is 51.7 Å². The second kappa shape index (κ2) is 5.68. The van der Waals surface area contributed by atoms with E-state index in [1.54, 1.807) is 0 Å². The highest BCUT2D eigenvalue weighted by Gasteiger charge is 2.33. The monoisotopic (exact) mass is 314 g/mol. The summed E-state index contributed by atoms with van der Waals surface area (Å²) < 4.78 is 7.34. The third kappa shape index (κ3) is 3.36. The van der Waals surface area contributed by atoms with Crippen molar-refractivity contribution >= 4 is 11.7 Å². The number of aryl methyl sites for hydroxylation is 1. The van der Waals surface area contributed by atoms with E-state index in [-0.39, 0.29) is 11.9 Å². The predicted octanol–water partition coefficient (Wildman–Crippen LogP) is 2.75. The third-order valence-corrected chi connectivity index (χ3v) is 3.71. The highest BCUT2D eigenvalue weighted by atomic mass is 16.6. The number of fused-ring (bicyclic) bond motifs is 1. The van der Waals surface area contributed by atoms with Crippen molar-refractivity contribution < 1.29 is 9.53 Å². The van der Waals surface area contributed by atoms with Gasteiger partial charge < -0.3 is 10.5 Å². The molecule has 1 aromatic heterocycles. The number of carbonyl (C=O) groups excluding carboxylic acids is 1. The van der Waals surface area contributed by atoms with Crippen molar-refractivity contribution in [1.29, 1.82) is 0 Å². The van der Waals surface area contributed by atoms with E-state index < -0.39 is 5.60 Å². The van der Waals surface area contributed by atoms with Crippen LogP contribution >= 0.6 is 0 Å². The highest BCUT2D eigenvalue weighted by molar-refractivity contribution is 5.78. The topological polar surface area (TPSA) is 83.0 Å². The molecular formula is C17H22N4O2. The maximum Gasteiger partial charge on any atom is 0.317 e. The highest BCUT2D eigenvalue weighted by Crippen LogP contribution is 2.30. The van der Waals surface area contributed by atoms with Crippen molar-refractivity contribution in [2.24, 2.45) is 0 Å². The van der Waals surface area contributed by atoms with Crippen molar-refractivity contribution in [1.82, 2.24) is 14.8 Å². The van der Waals surface area contributed by atoms with Gasteiger partial charge in [0.25, 0.3) is 0 Å². The van der Waals surface area contributed by atoms with Gasteiger partial charge in [-0.15, -0.1) is 0 Å². The second-order valence-electron chi connectivity index (χ2n) is 6.87. The molecule has 3 rings (SSSR count). The number of hydrogen-bond donors (Lipinski definition) is 1. The number of nitrogen functional groups attached to an aromatic ring is 1. The average Bonchev–Trinajstić information content (AvgIpc) is 2.89. The summed E-state index contributed by atoms with van der Waals surface area (Å²) in [5, 5.41) is 4.53. The number of hydrogen-bond acceptors (Lipinski definition) is 5. The predicted molar refractivity (Wildman–Crippen MR) is 87.7 cm³/mol. The molecule has 0 saturated carbocycles. The normalized spacial score (nSPS) is 17.6. The van der Waals surface area contributed by atoms with Gasteiger partial charge in [0.05, 0.1) is 0 Å². The molecule has 1 unspecified atom stereocenters. The molecule has 1 aliphatic heterocycles. The molecule has 0 spiro atoms. The summed E-state index contributed by atoms with van der Waals surface area (Å²) in [7, 11) is 0. The molecule has 0 amide bonds. The summed E-state index contributed by atoms with van der Waals surface area (Å²) in [4.78, 5) is 17.0. The molecule has 0 aliphatic carbocycles. The summed E-state index contributed by atoms with van der Waals surface area (Å²) in [6.07, 6.45) is 1.63. The molecule has 0 bridgehead atoms. The van der Waals surface area contributed by atoms with Gasteiger partial charge in [0.1, 0.15) is 17.3 Å². The Morgan fingerprint density at radius 2 is 2.17 bits per heavy atom. The van der Waals surface area contributed by atoms with Gasteiger partial charge >= 0.3 is 5.97 Å². The summed E-state index contributed by atoms with van der Waals surface area (Å²) in [6, 6.07) is 7.45. The second-order valence-corrected chi connectivity index (χ2v) is 6.87. The molecule has 6 heteroatoms. The summed E-state index contributed by atoms with van der Waals surface area (Å²) in [6.45, 7) is 6.38. The Morgan fingerprint density at radius 3 is 2.87 bits per heavy atom. The molecular weight excluding hydrogens is 292 g/mol. The summed E-state index contributed by atoms with van der Waals surface area (Å²) in [5.74, 6) is 0.695. The van der Waals surface area contributed by atoms with Gasteiger partial charge in [0, 0.05) is 17.8 Å². The Labute approximate surface area is 135 Å². The van der Waals surface area contributed by atoms with E-state index in [4.69, 9.17) is 10.5 Å². The lowest BCUT2D eigenvalue weighted by molar-refractivity contribution is -0.157. The molecule has 2 N–H and O–H groups in total. The Morgan fingerprint density at radius 1 is 1.39 bits per heavy atom. The van der Waals surface area contributed by atoms with E-state index >= 15 is 0 Å². The van der Waals surface area contributed by atoms with E-state index in [9.17, 15) is 4.79 Å². The Balaban J connectivity index is 1.92. The first-order valence-corrected chi connectivity index (χ1v) is 7.87. The number of benzene rings is 1. The van der Waals surface area contributed by atoms with Gasteiger partial charge in [-0.3, -0.25) is 4.79 Å². The van der Waals surface area contributed by atoms with E-state index in [0.717, 1.165) is 24.9 Å². The van der Waals surface area contributed by atoms with Gasteiger partial charge in [-0.25, -0.2) is 9.67 Å². The SMILES string of the molecule is CC(C)(C)OC(=O)C1CCCn2nc(-c3cccc(N)c3)nc21. The number of rotatable bonds is 2. The summed E-state index contributed by atoms with van der Waals surface area (Å²) >= 11 is 0. The maximum absolute atomic E-state index is 12.5. The smallest absolute Gasteiger partial charge is 0.317 e. The van der Waals surface area contributed by atoms with Crippen molar-refractivity contribution in [2.75, 3.05) is 5.73 Å². The van der Waals surface area contributed by atoms with E-state index in [1.807, 2.05) is 49.7 Å². The van der Waals surface area contributed by atoms with Gasteiger partial charge in [-0.05, 0) is 45.7 Å². The van der Waals surface area contributed by atoms with Crippen molar-refractivity contribution in [3.63, 3.8) is 0 Å². The molecule has 122 valence electrons. The van der Waals surface area contributed by atoms with Gasteiger partial charge in [-0.2, -0.15) is 5.10 Å². The first-order chi connectivity index (χ1) is 10.8. The molecule has 2 heterocycles. The molecule has 6 nitrogen and oxygen atoms in total. The minimum Gasteiger partial charge on any atom is -0.459 e. The van der Waals surface area contributed by atoms with Gasteiger partial charge in [-0.1, -0.05) is 12.1 Å². The average molecular weight is 314 g/mol. The van der Waals surface area contributed by atoms with Crippen LogP contribution in [0.3, 0.4) is 0 Å². The van der Waals surface area contributed by atoms with Crippen molar-refractivity contribution in [3.8, 4) is 11.4 Å². The Bertz CT molecular complexity index is 730. The standard InChI is InChI=1S/C17H22N4O2/c1-17(2,3)23-16(22)13-8-5-9-21-15(13)19-14(20-21)11-6-4-7-12(18)10-11/h4,6-7,10,13H,5,8-9,18H2,1-3H3. The van der Waals surface area contributed by atoms with Crippen molar-refractivity contribution in [3.05, 3.63) is 30.1 Å². The van der Waals surface area contributed by atoms with Crippen LogP contribution in [0.25, 0.3) is 11.4 Å². The third-order valence-electron chi connectivity index (χ3n) is 3.71. The fraction of sp³-hybridized carbons (Fsp3) is 0.471. The van der Waals surface area contributed by atoms with Crippen LogP contribution in [0.1, 0.15) is 45.4 Å². The van der Waals surface area contributed by atoms with Crippen LogP contribution in [0.2, 0.25) is 0 Å². The maximum atomic E-state index is 12.5. The minimum atomic E-state index is -0.504. The van der Waals surface area contributed by atoms with Crippen LogP contribution in [0.4, 0.5) is 5.69 Å². The lowest BCUT2D eigenvalue weighted by Crippen LogP contribution is -2.31. The molecule has 1 aromatic carbocycles. The fourth-order valence-electron chi connectivity index (χ4n) is 2.75. The molecule has 1 aliphatic rings. The van der Waals surface area contributed by atoms with Crippen LogP contribution < -0.4 is 5.73 Å². The largest absolute Gasteiger partial charge is 0.459 e. The number of anilines is 1. The minimum absolute atomic E-state index is 0.232. The number of esters is 1. The Hall–Kier alpha value is -2.37. The summed E-state index contributed by atoms with van der Waals surface area (Å²) in [5.41, 5.74) is 6.84. The molecule has 0 radical (unpaired) electrons. The number of carbonyl (C=O) groups is 1. The van der Waals surface area contributed by atoms with Gasteiger partial charge in [0.2, 0.25) is 0 Å². The van der Waals surface area contributed by atoms with E-state index in [2.05, 4.69) is 10.1 Å². The lowest BCUT2D eigenvalue weighted by Gasteiger charge is -2.25. The van der Waals surface area contributed by atoms with Crippen LogP contribution in [0, 0.1) is 0 Å². The van der Waals surface area contributed by atoms with Crippen LogP contribution in [-0.4, -0.2) is 26.3 Å². The zero-order valence-corrected chi connectivity index (χ0v) is 13.7.